The van der Waals surface area contributed by atoms with Gasteiger partial charge in [-0.05, 0) is 35.7 Å². The highest BCUT2D eigenvalue weighted by molar-refractivity contribution is 5.92. The maximum absolute atomic E-state index is 13.6. The molecule has 28 heavy (non-hydrogen) atoms. The van der Waals surface area contributed by atoms with E-state index in [2.05, 4.69) is 20.6 Å². The molecule has 0 spiro atoms. The molecule has 1 aromatic heterocycles. The highest BCUT2D eigenvalue weighted by Gasteiger charge is 2.09. The zero-order chi connectivity index (χ0) is 19.8. The monoisotopic (exact) mass is 380 g/mol. The average molecular weight is 380 g/mol. The van der Waals surface area contributed by atoms with Gasteiger partial charge >= 0.3 is 0 Å². The van der Waals surface area contributed by atoms with Crippen molar-refractivity contribution in [2.24, 2.45) is 0 Å². The normalized spacial score (nSPS) is 10.4. The number of aromatic nitrogens is 2. The molecular weight excluding hydrogens is 359 g/mol. The summed E-state index contributed by atoms with van der Waals surface area (Å²) >= 11 is 0. The van der Waals surface area contributed by atoms with Crippen molar-refractivity contribution in [1.82, 2.24) is 15.3 Å². The van der Waals surface area contributed by atoms with Crippen LogP contribution < -0.4 is 15.4 Å². The Labute approximate surface area is 162 Å². The van der Waals surface area contributed by atoms with Crippen LogP contribution in [-0.4, -0.2) is 29.5 Å². The van der Waals surface area contributed by atoms with E-state index in [0.717, 1.165) is 11.3 Å². The number of halogens is 1. The fraction of sp³-hybridized carbons (Fsp3) is 0.190. The molecule has 0 aliphatic rings. The van der Waals surface area contributed by atoms with Gasteiger partial charge in [0.15, 0.2) is 0 Å². The van der Waals surface area contributed by atoms with E-state index < -0.39 is 0 Å². The first-order valence-corrected chi connectivity index (χ1v) is 8.86. The predicted molar refractivity (Wildman–Crippen MR) is 105 cm³/mol. The average Bonchev–Trinajstić information content (AvgIpc) is 2.74. The van der Waals surface area contributed by atoms with Crippen molar-refractivity contribution in [3.8, 4) is 5.75 Å². The number of ether oxygens (including phenoxy) is 1. The van der Waals surface area contributed by atoms with E-state index >= 15 is 0 Å². The predicted octanol–water partition coefficient (Wildman–Crippen LogP) is 3.21. The van der Waals surface area contributed by atoms with Gasteiger partial charge in [0.05, 0.1) is 7.11 Å². The third-order valence-corrected chi connectivity index (χ3v) is 4.17. The third kappa shape index (κ3) is 5.26. The maximum Gasteiger partial charge on any atom is 0.270 e. The fourth-order valence-electron chi connectivity index (χ4n) is 2.62. The molecule has 7 heteroatoms. The minimum absolute atomic E-state index is 0.231. The lowest BCUT2D eigenvalue weighted by atomic mass is 10.1. The van der Waals surface area contributed by atoms with E-state index in [4.69, 9.17) is 4.74 Å². The second-order valence-corrected chi connectivity index (χ2v) is 6.09. The Hall–Kier alpha value is -3.48. The highest BCUT2D eigenvalue weighted by atomic mass is 19.1. The van der Waals surface area contributed by atoms with Gasteiger partial charge in [-0.1, -0.05) is 30.3 Å². The number of carbonyl (C=O) groups is 1. The Bertz CT molecular complexity index is 932. The number of nitrogens with zero attached hydrogens (tertiary/aromatic N) is 2. The number of rotatable bonds is 8. The van der Waals surface area contributed by atoms with E-state index in [1.165, 1.54) is 12.4 Å². The van der Waals surface area contributed by atoms with E-state index in [0.29, 0.717) is 30.9 Å². The van der Waals surface area contributed by atoms with Crippen molar-refractivity contribution >= 4 is 11.7 Å². The van der Waals surface area contributed by atoms with Crippen LogP contribution in [0.5, 0.6) is 5.75 Å². The molecule has 144 valence electrons. The molecule has 0 aliphatic heterocycles. The second-order valence-electron chi connectivity index (χ2n) is 6.09. The number of hydrogen-bond acceptors (Lipinski definition) is 5. The van der Waals surface area contributed by atoms with Crippen LogP contribution in [0, 0.1) is 5.82 Å². The topological polar surface area (TPSA) is 76.1 Å². The first-order chi connectivity index (χ1) is 13.7. The summed E-state index contributed by atoms with van der Waals surface area (Å²) in [6, 6.07) is 15.7. The SMILES string of the molecule is COc1ccc(CNC(=O)c2cc(NCCc3ccccc3F)ncn2)cc1. The lowest BCUT2D eigenvalue weighted by Gasteiger charge is -2.08. The van der Waals surface area contributed by atoms with Gasteiger partial charge in [-0.3, -0.25) is 4.79 Å². The lowest BCUT2D eigenvalue weighted by molar-refractivity contribution is 0.0946. The summed E-state index contributed by atoms with van der Waals surface area (Å²) in [5, 5.41) is 5.91. The van der Waals surface area contributed by atoms with Crippen LogP contribution in [0.15, 0.2) is 60.9 Å². The zero-order valence-corrected chi connectivity index (χ0v) is 15.5. The van der Waals surface area contributed by atoms with Crippen LogP contribution in [0.2, 0.25) is 0 Å². The van der Waals surface area contributed by atoms with Crippen molar-refractivity contribution in [2.45, 2.75) is 13.0 Å². The number of anilines is 1. The Morgan fingerprint density at radius 2 is 1.89 bits per heavy atom. The number of nitrogens with one attached hydrogen (secondary N) is 2. The molecule has 0 fully saturated rings. The molecule has 0 radical (unpaired) electrons. The van der Waals surface area contributed by atoms with Gasteiger partial charge in [0.25, 0.3) is 5.91 Å². The van der Waals surface area contributed by atoms with E-state index in [-0.39, 0.29) is 17.4 Å². The molecule has 3 aromatic rings. The molecule has 0 atom stereocenters. The number of hydrogen-bond donors (Lipinski definition) is 2. The summed E-state index contributed by atoms with van der Waals surface area (Å²) in [4.78, 5) is 20.4. The summed E-state index contributed by atoms with van der Waals surface area (Å²) in [5.74, 6) is 0.749. The van der Waals surface area contributed by atoms with Gasteiger partial charge in [0, 0.05) is 19.2 Å². The summed E-state index contributed by atoms with van der Waals surface area (Å²) in [7, 11) is 1.61. The van der Waals surface area contributed by atoms with Crippen molar-refractivity contribution in [3.05, 3.63) is 83.6 Å². The van der Waals surface area contributed by atoms with Crippen LogP contribution in [0.3, 0.4) is 0 Å². The van der Waals surface area contributed by atoms with Gasteiger partial charge < -0.3 is 15.4 Å². The molecule has 1 amide bonds. The van der Waals surface area contributed by atoms with E-state index in [1.807, 2.05) is 24.3 Å². The van der Waals surface area contributed by atoms with Crippen LogP contribution in [0.25, 0.3) is 0 Å². The number of amides is 1. The molecule has 2 aromatic carbocycles. The molecule has 0 aliphatic carbocycles. The van der Waals surface area contributed by atoms with E-state index in [1.54, 1.807) is 31.4 Å². The van der Waals surface area contributed by atoms with Crippen molar-refractivity contribution in [1.29, 1.82) is 0 Å². The Morgan fingerprint density at radius 1 is 1.11 bits per heavy atom. The van der Waals surface area contributed by atoms with E-state index in [9.17, 15) is 9.18 Å². The fourth-order valence-corrected chi connectivity index (χ4v) is 2.62. The Kier molecular flexibility index (Phi) is 6.51. The molecule has 2 N–H and O–H groups in total. The van der Waals surface area contributed by atoms with Crippen LogP contribution in [-0.2, 0) is 13.0 Å². The van der Waals surface area contributed by atoms with Gasteiger partial charge in [-0.25, -0.2) is 14.4 Å². The van der Waals surface area contributed by atoms with Gasteiger partial charge in [0.2, 0.25) is 0 Å². The molecule has 3 rings (SSSR count). The molecule has 0 saturated carbocycles. The quantitative estimate of drug-likeness (QED) is 0.628. The van der Waals surface area contributed by atoms with Gasteiger partial charge in [0.1, 0.15) is 29.4 Å². The first kappa shape index (κ1) is 19.3. The lowest BCUT2D eigenvalue weighted by Crippen LogP contribution is -2.24. The van der Waals surface area contributed by atoms with Crippen molar-refractivity contribution in [2.75, 3.05) is 19.0 Å². The molecule has 1 heterocycles. The van der Waals surface area contributed by atoms with Crippen LogP contribution in [0.1, 0.15) is 21.6 Å². The first-order valence-electron chi connectivity index (χ1n) is 8.86. The second kappa shape index (κ2) is 9.45. The van der Waals surface area contributed by atoms with Crippen molar-refractivity contribution in [3.63, 3.8) is 0 Å². The molecule has 0 saturated heterocycles. The molecule has 0 bridgehead atoms. The summed E-state index contributed by atoms with van der Waals surface area (Å²) in [6.07, 6.45) is 1.84. The standard InChI is InChI=1S/C21H21FN4O2/c1-28-17-8-6-15(7-9-17)13-24-21(27)19-12-20(26-14-25-19)23-11-10-16-4-2-3-5-18(16)22/h2-9,12,14H,10-11,13H2,1H3,(H,24,27)(H,23,25,26). The largest absolute Gasteiger partial charge is 0.497 e. The molecule has 0 unspecified atom stereocenters. The minimum atomic E-state index is -0.296. The third-order valence-electron chi connectivity index (χ3n) is 4.17. The summed E-state index contributed by atoms with van der Waals surface area (Å²) in [5.41, 5.74) is 1.84. The van der Waals surface area contributed by atoms with Crippen LogP contribution >= 0.6 is 0 Å². The van der Waals surface area contributed by atoms with Crippen LogP contribution in [0.4, 0.5) is 10.2 Å². The minimum Gasteiger partial charge on any atom is -0.497 e. The highest BCUT2D eigenvalue weighted by Crippen LogP contribution is 2.12. The number of methoxy groups -OCH3 is 1. The summed E-state index contributed by atoms with van der Waals surface area (Å²) in [6.45, 7) is 0.869. The zero-order valence-electron chi connectivity index (χ0n) is 15.5. The number of carbonyl (C=O) groups excluding carboxylic acids is 1. The molecule has 6 nitrogen and oxygen atoms in total. The van der Waals surface area contributed by atoms with Gasteiger partial charge in [-0.2, -0.15) is 0 Å². The smallest absolute Gasteiger partial charge is 0.270 e. The Morgan fingerprint density at radius 3 is 2.64 bits per heavy atom. The van der Waals surface area contributed by atoms with Gasteiger partial charge in [-0.15, -0.1) is 0 Å². The summed E-state index contributed by atoms with van der Waals surface area (Å²) < 4.78 is 18.8. The number of benzene rings is 2. The molecular formula is C21H21FN4O2. The Balaban J connectivity index is 1.53. The maximum atomic E-state index is 13.6. The van der Waals surface area contributed by atoms with Crippen molar-refractivity contribution < 1.29 is 13.9 Å².